The molecule has 1 aromatic carbocycles. The van der Waals surface area contributed by atoms with Gasteiger partial charge in [0.25, 0.3) is 0 Å². The number of carbonyl (C=O) groups is 1. The van der Waals surface area contributed by atoms with Crippen LogP contribution in [0.4, 0.5) is 0 Å². The Bertz CT molecular complexity index is 766. The molecule has 0 spiro atoms. The molecule has 2 N–H and O–H groups in total. The summed E-state index contributed by atoms with van der Waals surface area (Å²) in [6.07, 6.45) is 8.42. The molecule has 1 aromatic rings. The maximum absolute atomic E-state index is 13.0. The fourth-order valence-electron chi connectivity index (χ4n) is 3.93. The molecule has 0 aromatic heterocycles. The maximum Gasteiger partial charge on any atom is 0.181 e. The molecule has 2 unspecified atom stereocenters. The highest BCUT2D eigenvalue weighted by Crippen LogP contribution is 2.29. The lowest BCUT2D eigenvalue weighted by atomic mass is 9.96. The Hall–Kier alpha value is -2.11. The summed E-state index contributed by atoms with van der Waals surface area (Å²) >= 11 is 0. The first-order valence-corrected chi connectivity index (χ1v) is 11.0. The van der Waals surface area contributed by atoms with Crippen LogP contribution < -0.4 is 15.2 Å². The molecule has 0 saturated carbocycles. The first-order chi connectivity index (χ1) is 14.4. The van der Waals surface area contributed by atoms with Gasteiger partial charge in [0, 0.05) is 11.6 Å². The van der Waals surface area contributed by atoms with Crippen LogP contribution in [0.15, 0.2) is 41.5 Å². The average molecular weight is 415 g/mol. The third-order valence-electron chi connectivity index (χ3n) is 5.75. The number of benzene rings is 1. The summed E-state index contributed by atoms with van der Waals surface area (Å²) in [6.45, 7) is 10.8. The largest absolute Gasteiger partial charge is 0.493 e. The van der Waals surface area contributed by atoms with E-state index in [-0.39, 0.29) is 11.8 Å². The van der Waals surface area contributed by atoms with Gasteiger partial charge in [0.1, 0.15) is 6.61 Å². The zero-order valence-corrected chi connectivity index (χ0v) is 19.2. The zero-order chi connectivity index (χ0) is 22.1. The molecular formula is C25H38N2O3. The number of ether oxygens (including phenoxy) is 2. The first kappa shape index (κ1) is 24.2. The number of hydrogen-bond acceptors (Lipinski definition) is 5. The third kappa shape index (κ3) is 6.71. The number of carbonyl (C=O) groups excluding carboxylic acids is 1. The maximum atomic E-state index is 13.0. The number of nitrogens with two attached hydrogens (primary N) is 1. The quantitative estimate of drug-likeness (QED) is 0.418. The van der Waals surface area contributed by atoms with Crippen LogP contribution in [0.3, 0.4) is 0 Å². The molecule has 0 aliphatic carbocycles. The van der Waals surface area contributed by atoms with Crippen molar-refractivity contribution < 1.29 is 14.3 Å². The zero-order valence-electron chi connectivity index (χ0n) is 19.2. The van der Waals surface area contributed by atoms with E-state index in [0.29, 0.717) is 23.7 Å². The molecule has 5 heteroatoms. The van der Waals surface area contributed by atoms with E-state index in [1.54, 1.807) is 25.3 Å². The van der Waals surface area contributed by atoms with Gasteiger partial charge >= 0.3 is 0 Å². The van der Waals surface area contributed by atoms with Crippen molar-refractivity contribution in [3.63, 3.8) is 0 Å². The van der Waals surface area contributed by atoms with Crippen LogP contribution in [-0.4, -0.2) is 49.6 Å². The monoisotopic (exact) mass is 414 g/mol. The van der Waals surface area contributed by atoms with Crippen LogP contribution in [0.25, 0.3) is 0 Å². The van der Waals surface area contributed by atoms with Crippen molar-refractivity contribution in [2.45, 2.75) is 65.5 Å². The Morgan fingerprint density at radius 3 is 2.70 bits per heavy atom. The molecule has 0 amide bonds. The molecular weight excluding hydrogens is 376 g/mol. The minimum absolute atomic E-state index is 0.0405. The number of allylic oxidation sites excluding steroid dienone is 3. The molecule has 0 bridgehead atoms. The first-order valence-electron chi connectivity index (χ1n) is 11.0. The van der Waals surface area contributed by atoms with Crippen molar-refractivity contribution in [3.05, 3.63) is 47.1 Å². The van der Waals surface area contributed by atoms with Crippen molar-refractivity contribution in [1.82, 2.24) is 4.90 Å². The smallest absolute Gasteiger partial charge is 0.181 e. The van der Waals surface area contributed by atoms with Crippen LogP contribution in [-0.2, 0) is 0 Å². The van der Waals surface area contributed by atoms with Gasteiger partial charge in [-0.2, -0.15) is 0 Å². The summed E-state index contributed by atoms with van der Waals surface area (Å²) in [5.41, 5.74) is 9.56. The molecule has 2 rings (SSSR count). The van der Waals surface area contributed by atoms with Gasteiger partial charge in [-0.25, -0.2) is 0 Å². The fourth-order valence-corrected chi connectivity index (χ4v) is 3.93. The van der Waals surface area contributed by atoms with Gasteiger partial charge in [0.2, 0.25) is 0 Å². The summed E-state index contributed by atoms with van der Waals surface area (Å²) in [5, 5.41) is 0. The van der Waals surface area contributed by atoms with E-state index < -0.39 is 6.04 Å². The summed E-state index contributed by atoms with van der Waals surface area (Å²) < 4.78 is 11.4. The lowest BCUT2D eigenvalue weighted by Crippen LogP contribution is -2.48. The molecule has 1 aliphatic heterocycles. The number of methoxy groups -OCH3 is 1. The minimum atomic E-state index is -0.522. The van der Waals surface area contributed by atoms with Crippen LogP contribution in [0.2, 0.25) is 0 Å². The predicted octanol–water partition coefficient (Wildman–Crippen LogP) is 4.76. The summed E-state index contributed by atoms with van der Waals surface area (Å²) in [5.74, 6) is 1.15. The minimum Gasteiger partial charge on any atom is -0.493 e. The SMILES string of the molecule is CCN1CCCC1C(N)C(=O)c1ccc(OC)c(OC/C=C(\C)CCC=C(C)C)c1. The highest BCUT2D eigenvalue weighted by molar-refractivity contribution is 6.01. The molecule has 30 heavy (non-hydrogen) atoms. The normalized spacial score (nSPS) is 18.2. The molecule has 1 saturated heterocycles. The van der Waals surface area contributed by atoms with Gasteiger partial charge in [0.05, 0.1) is 13.2 Å². The van der Waals surface area contributed by atoms with Crippen molar-refractivity contribution in [2.24, 2.45) is 5.73 Å². The Balaban J connectivity index is 2.05. The highest BCUT2D eigenvalue weighted by Gasteiger charge is 2.33. The van der Waals surface area contributed by atoms with Crippen LogP contribution in [0, 0.1) is 0 Å². The summed E-state index contributed by atoms with van der Waals surface area (Å²) in [4.78, 5) is 15.3. The van der Waals surface area contributed by atoms with E-state index in [0.717, 1.165) is 38.8 Å². The molecule has 2 atom stereocenters. The molecule has 1 fully saturated rings. The number of nitrogens with zero attached hydrogens (tertiary/aromatic N) is 1. The Morgan fingerprint density at radius 2 is 2.03 bits per heavy atom. The second-order valence-corrected chi connectivity index (χ2v) is 8.28. The number of likely N-dealkylation sites (N-methyl/N-ethyl adjacent to an activating group) is 1. The Labute approximate surface area is 181 Å². The molecule has 1 aliphatic rings. The number of ketones is 1. The highest BCUT2D eigenvalue weighted by atomic mass is 16.5. The molecule has 5 nitrogen and oxygen atoms in total. The number of likely N-dealkylation sites (tertiary alicyclic amines) is 1. The van der Waals surface area contributed by atoms with Crippen LogP contribution >= 0.6 is 0 Å². The lowest BCUT2D eigenvalue weighted by Gasteiger charge is -2.27. The number of Topliss-reactive ketones (excluding diaryl/α,β-unsaturated/α-hetero) is 1. The third-order valence-corrected chi connectivity index (χ3v) is 5.75. The van der Waals surface area contributed by atoms with E-state index in [4.69, 9.17) is 15.2 Å². The number of rotatable bonds is 11. The second-order valence-electron chi connectivity index (χ2n) is 8.28. The van der Waals surface area contributed by atoms with E-state index >= 15 is 0 Å². The Morgan fingerprint density at radius 1 is 1.27 bits per heavy atom. The van der Waals surface area contributed by atoms with E-state index in [2.05, 4.69) is 44.7 Å². The van der Waals surface area contributed by atoms with E-state index in [9.17, 15) is 4.79 Å². The number of hydrogen-bond donors (Lipinski definition) is 1. The van der Waals surface area contributed by atoms with Gasteiger partial charge in [-0.15, -0.1) is 0 Å². The van der Waals surface area contributed by atoms with Gasteiger partial charge < -0.3 is 15.2 Å². The second kappa shape index (κ2) is 11.9. The van der Waals surface area contributed by atoms with Crippen LogP contribution in [0.1, 0.15) is 63.7 Å². The fraction of sp³-hybridized carbons (Fsp3) is 0.560. The van der Waals surface area contributed by atoms with Gasteiger partial charge in [-0.3, -0.25) is 9.69 Å². The lowest BCUT2D eigenvalue weighted by molar-refractivity contribution is 0.0907. The molecule has 166 valence electrons. The van der Waals surface area contributed by atoms with Crippen molar-refractivity contribution >= 4 is 5.78 Å². The standard InChI is InChI=1S/C25H38N2O3/c1-6-27-15-8-11-21(27)24(26)25(28)20-12-13-22(29-5)23(17-20)30-16-14-19(4)10-7-9-18(2)3/h9,12-14,17,21,24H,6-8,10-11,15-16,26H2,1-5H3/b19-14+. The topological polar surface area (TPSA) is 64.8 Å². The van der Waals surface area contributed by atoms with E-state index in [1.165, 1.54) is 11.1 Å². The average Bonchev–Trinajstić information content (AvgIpc) is 3.21. The molecule has 1 heterocycles. The van der Waals surface area contributed by atoms with Crippen molar-refractivity contribution in [1.29, 1.82) is 0 Å². The van der Waals surface area contributed by atoms with E-state index in [1.807, 2.05) is 0 Å². The van der Waals surface area contributed by atoms with Crippen molar-refractivity contribution in [2.75, 3.05) is 26.8 Å². The van der Waals surface area contributed by atoms with Crippen LogP contribution in [0.5, 0.6) is 11.5 Å². The molecule has 0 radical (unpaired) electrons. The Kier molecular flexibility index (Phi) is 9.60. The summed E-state index contributed by atoms with van der Waals surface area (Å²) in [7, 11) is 1.60. The summed E-state index contributed by atoms with van der Waals surface area (Å²) in [6, 6.07) is 4.91. The van der Waals surface area contributed by atoms with Crippen molar-refractivity contribution in [3.8, 4) is 11.5 Å². The van der Waals surface area contributed by atoms with Gasteiger partial charge in [-0.05, 0) is 83.8 Å². The van der Waals surface area contributed by atoms with Gasteiger partial charge in [0.15, 0.2) is 17.3 Å². The van der Waals surface area contributed by atoms with Gasteiger partial charge in [-0.1, -0.05) is 24.1 Å². The predicted molar refractivity (Wildman–Crippen MR) is 123 cm³/mol.